The van der Waals surface area contributed by atoms with Crippen molar-refractivity contribution in [3.05, 3.63) is 22.7 Å². The van der Waals surface area contributed by atoms with Crippen LogP contribution in [0.5, 0.6) is 0 Å². The second-order valence-corrected chi connectivity index (χ2v) is 5.24. The zero-order valence-electron chi connectivity index (χ0n) is 10.8. The first kappa shape index (κ1) is 14.0. The predicted molar refractivity (Wildman–Crippen MR) is 76.4 cm³/mol. The van der Waals surface area contributed by atoms with Crippen molar-refractivity contribution in [2.75, 3.05) is 17.7 Å². The molecule has 1 heterocycles. The van der Waals surface area contributed by atoms with Crippen LogP contribution in [0.25, 0.3) is 0 Å². The van der Waals surface area contributed by atoms with Gasteiger partial charge in [-0.3, -0.25) is 4.79 Å². The average molecular weight is 284 g/mol. The van der Waals surface area contributed by atoms with Gasteiger partial charge in [-0.25, -0.2) is 0 Å². The van der Waals surface area contributed by atoms with Crippen molar-refractivity contribution in [3.8, 4) is 0 Å². The quantitative estimate of drug-likeness (QED) is 0.740. The molecule has 2 unspecified atom stereocenters. The van der Waals surface area contributed by atoms with Gasteiger partial charge in [0.15, 0.2) is 0 Å². The van der Waals surface area contributed by atoms with Crippen LogP contribution in [0, 0.1) is 0 Å². The summed E-state index contributed by atoms with van der Waals surface area (Å²) < 4.78 is 5.49. The first-order valence-electron chi connectivity index (χ1n) is 6.24. The lowest BCUT2D eigenvalue weighted by atomic mass is 10.0. The molecular formula is C13H18ClN3O2. The van der Waals surface area contributed by atoms with Crippen LogP contribution in [0.3, 0.4) is 0 Å². The first-order valence-corrected chi connectivity index (χ1v) is 6.62. The van der Waals surface area contributed by atoms with Crippen molar-refractivity contribution >= 4 is 28.9 Å². The van der Waals surface area contributed by atoms with Crippen LogP contribution in [0.15, 0.2) is 12.1 Å². The fraction of sp³-hybridized carbons (Fsp3) is 0.462. The number of rotatable bonds is 3. The number of amides is 1. The van der Waals surface area contributed by atoms with Crippen LogP contribution in [0.2, 0.25) is 5.02 Å². The van der Waals surface area contributed by atoms with Gasteiger partial charge >= 0.3 is 0 Å². The Labute approximate surface area is 117 Å². The van der Waals surface area contributed by atoms with Crippen molar-refractivity contribution in [2.45, 2.75) is 31.9 Å². The van der Waals surface area contributed by atoms with E-state index in [0.29, 0.717) is 28.6 Å². The van der Waals surface area contributed by atoms with E-state index in [1.54, 1.807) is 12.1 Å². The number of carbonyl (C=O) groups is 1. The molecule has 2 atom stereocenters. The van der Waals surface area contributed by atoms with Crippen molar-refractivity contribution < 1.29 is 9.53 Å². The van der Waals surface area contributed by atoms with E-state index < -0.39 is 5.91 Å². The Balaban J connectivity index is 2.26. The molecular weight excluding hydrogens is 266 g/mol. The molecule has 1 aromatic carbocycles. The number of anilines is 2. The molecule has 1 saturated heterocycles. The molecule has 1 aliphatic heterocycles. The summed E-state index contributed by atoms with van der Waals surface area (Å²) in [5.74, 6) is -0.545. The number of nitrogen functional groups attached to an aromatic ring is 1. The van der Waals surface area contributed by atoms with E-state index in [4.69, 9.17) is 27.8 Å². The van der Waals surface area contributed by atoms with Gasteiger partial charge < -0.3 is 21.5 Å². The zero-order valence-corrected chi connectivity index (χ0v) is 11.5. The molecule has 0 aliphatic carbocycles. The minimum absolute atomic E-state index is 0.191. The molecule has 104 valence electrons. The Bertz CT molecular complexity index is 493. The highest BCUT2D eigenvalue weighted by molar-refractivity contribution is 6.34. The zero-order chi connectivity index (χ0) is 14.0. The largest absolute Gasteiger partial charge is 0.399 e. The minimum atomic E-state index is -0.545. The smallest absolute Gasteiger partial charge is 0.250 e. The number of benzene rings is 1. The summed E-state index contributed by atoms with van der Waals surface area (Å²) in [6.07, 6.45) is 1.91. The monoisotopic (exact) mass is 283 g/mol. The second-order valence-electron chi connectivity index (χ2n) is 4.84. The number of nitrogens with two attached hydrogens (primary N) is 2. The van der Waals surface area contributed by atoms with Gasteiger partial charge in [-0.05, 0) is 31.9 Å². The molecule has 0 bridgehead atoms. The summed E-state index contributed by atoms with van der Waals surface area (Å²) in [6.45, 7) is 2.71. The van der Waals surface area contributed by atoms with Crippen LogP contribution in [0.1, 0.15) is 30.1 Å². The molecule has 0 radical (unpaired) electrons. The highest BCUT2D eigenvalue weighted by Gasteiger charge is 2.22. The normalized spacial score (nSPS) is 23.1. The third kappa shape index (κ3) is 3.30. The summed E-state index contributed by atoms with van der Waals surface area (Å²) in [6, 6.07) is 3.36. The summed E-state index contributed by atoms with van der Waals surface area (Å²) in [7, 11) is 0. The SMILES string of the molecule is CC1CC(Nc2c(Cl)cc(N)cc2C(N)=O)CCO1. The van der Waals surface area contributed by atoms with Gasteiger partial charge in [0.25, 0.3) is 5.91 Å². The van der Waals surface area contributed by atoms with E-state index in [2.05, 4.69) is 5.32 Å². The second kappa shape index (κ2) is 5.67. The van der Waals surface area contributed by atoms with Crippen LogP contribution < -0.4 is 16.8 Å². The van der Waals surface area contributed by atoms with Crippen molar-refractivity contribution in [3.63, 3.8) is 0 Å². The van der Waals surface area contributed by atoms with Crippen LogP contribution in [-0.2, 0) is 4.74 Å². The maximum atomic E-state index is 11.5. The number of primary amides is 1. The summed E-state index contributed by atoms with van der Waals surface area (Å²) in [4.78, 5) is 11.5. The third-order valence-electron chi connectivity index (χ3n) is 3.21. The van der Waals surface area contributed by atoms with Gasteiger partial charge in [0.1, 0.15) is 0 Å². The van der Waals surface area contributed by atoms with Gasteiger partial charge in [0.05, 0.1) is 22.4 Å². The number of halogens is 1. The molecule has 5 N–H and O–H groups in total. The molecule has 1 aliphatic rings. The summed E-state index contributed by atoms with van der Waals surface area (Å²) >= 11 is 6.15. The maximum absolute atomic E-state index is 11.5. The number of nitrogens with one attached hydrogen (secondary N) is 1. The van der Waals surface area contributed by atoms with Gasteiger partial charge in [-0.1, -0.05) is 11.6 Å². The van der Waals surface area contributed by atoms with Gasteiger partial charge in [-0.2, -0.15) is 0 Å². The lowest BCUT2D eigenvalue weighted by Crippen LogP contribution is -2.33. The molecule has 5 nitrogen and oxygen atoms in total. The number of hydrogen-bond donors (Lipinski definition) is 3. The van der Waals surface area contributed by atoms with E-state index in [-0.39, 0.29) is 12.1 Å². The average Bonchev–Trinajstić information content (AvgIpc) is 2.32. The number of carbonyl (C=O) groups excluding carboxylic acids is 1. The van der Waals surface area contributed by atoms with E-state index in [1.165, 1.54) is 0 Å². The van der Waals surface area contributed by atoms with Gasteiger partial charge in [0, 0.05) is 18.3 Å². The Morgan fingerprint density at radius 1 is 1.53 bits per heavy atom. The topological polar surface area (TPSA) is 90.4 Å². The maximum Gasteiger partial charge on any atom is 0.250 e. The molecule has 1 aromatic rings. The lowest BCUT2D eigenvalue weighted by Gasteiger charge is -2.29. The summed E-state index contributed by atoms with van der Waals surface area (Å²) in [5.41, 5.74) is 12.4. The van der Waals surface area contributed by atoms with Gasteiger partial charge in [-0.15, -0.1) is 0 Å². The standard InChI is InChI=1S/C13H18ClN3O2/c1-7-4-9(2-3-19-7)17-12-10(13(16)18)5-8(15)6-11(12)14/h5-7,9,17H,2-4,15H2,1H3,(H2,16,18). The van der Waals surface area contributed by atoms with Crippen molar-refractivity contribution in [1.82, 2.24) is 0 Å². The fourth-order valence-corrected chi connectivity index (χ4v) is 2.58. The van der Waals surface area contributed by atoms with Crippen LogP contribution in [0.4, 0.5) is 11.4 Å². The van der Waals surface area contributed by atoms with E-state index in [9.17, 15) is 4.79 Å². The Morgan fingerprint density at radius 3 is 2.89 bits per heavy atom. The molecule has 0 aromatic heterocycles. The Kier molecular flexibility index (Phi) is 4.17. The van der Waals surface area contributed by atoms with Crippen molar-refractivity contribution in [2.24, 2.45) is 5.73 Å². The van der Waals surface area contributed by atoms with E-state index in [1.807, 2.05) is 6.92 Å². The Morgan fingerprint density at radius 2 is 2.26 bits per heavy atom. The fourth-order valence-electron chi connectivity index (χ4n) is 2.30. The first-order chi connectivity index (χ1) is 8.97. The van der Waals surface area contributed by atoms with Crippen molar-refractivity contribution in [1.29, 1.82) is 0 Å². The number of ether oxygens (including phenoxy) is 1. The molecule has 19 heavy (non-hydrogen) atoms. The van der Waals surface area contributed by atoms with Gasteiger partial charge in [0.2, 0.25) is 0 Å². The molecule has 6 heteroatoms. The van der Waals surface area contributed by atoms with Crippen LogP contribution >= 0.6 is 11.6 Å². The molecule has 2 rings (SSSR count). The van der Waals surface area contributed by atoms with E-state index in [0.717, 1.165) is 12.8 Å². The lowest BCUT2D eigenvalue weighted by molar-refractivity contribution is 0.0232. The van der Waals surface area contributed by atoms with Crippen LogP contribution in [-0.4, -0.2) is 24.7 Å². The number of hydrogen-bond acceptors (Lipinski definition) is 4. The molecule has 0 saturated carbocycles. The Hall–Kier alpha value is -1.46. The van der Waals surface area contributed by atoms with E-state index >= 15 is 0 Å². The predicted octanol–water partition coefficient (Wildman–Crippen LogP) is 2.00. The molecule has 1 fully saturated rings. The highest BCUT2D eigenvalue weighted by Crippen LogP contribution is 2.31. The third-order valence-corrected chi connectivity index (χ3v) is 3.51. The highest BCUT2D eigenvalue weighted by atomic mass is 35.5. The summed E-state index contributed by atoms with van der Waals surface area (Å²) in [5, 5.41) is 3.70. The molecule has 0 spiro atoms. The minimum Gasteiger partial charge on any atom is -0.399 e. The molecule has 1 amide bonds.